The maximum absolute atomic E-state index is 4.98. The predicted molar refractivity (Wildman–Crippen MR) is 36.7 cm³/mol. The highest BCUT2D eigenvalue weighted by Gasteiger charge is 2.07. The van der Waals surface area contributed by atoms with Crippen molar-refractivity contribution in [2.45, 2.75) is 6.92 Å². The van der Waals surface area contributed by atoms with Gasteiger partial charge in [0.25, 0.3) is 0 Å². The van der Waals surface area contributed by atoms with E-state index in [4.69, 9.17) is 4.74 Å². The summed E-state index contributed by atoms with van der Waals surface area (Å²) in [7, 11) is 3.51. The zero-order chi connectivity index (χ0) is 7.56. The second kappa shape index (κ2) is 2.64. The summed E-state index contributed by atoms with van der Waals surface area (Å²) in [6.45, 7) is 1.93. The number of ether oxygens (including phenoxy) is 1. The van der Waals surface area contributed by atoms with Gasteiger partial charge in [0.2, 0.25) is 0 Å². The van der Waals surface area contributed by atoms with E-state index in [0.29, 0.717) is 6.01 Å². The SMILES string of the molecule is COc1nc(C)cc[n+]1C. The van der Waals surface area contributed by atoms with Crippen LogP contribution in [0, 0.1) is 6.92 Å². The number of methoxy groups -OCH3 is 1. The number of aromatic nitrogens is 2. The molecule has 0 radical (unpaired) electrons. The fourth-order valence-electron chi connectivity index (χ4n) is 0.740. The molecule has 1 rings (SSSR count). The van der Waals surface area contributed by atoms with E-state index in [2.05, 4.69) is 4.98 Å². The first kappa shape index (κ1) is 6.99. The lowest BCUT2D eigenvalue weighted by atomic mass is 10.5. The van der Waals surface area contributed by atoms with E-state index in [1.54, 1.807) is 7.11 Å². The molecule has 0 atom stereocenters. The summed E-state index contributed by atoms with van der Waals surface area (Å²) in [5.41, 5.74) is 0.968. The lowest BCUT2D eigenvalue weighted by Crippen LogP contribution is -2.30. The van der Waals surface area contributed by atoms with E-state index >= 15 is 0 Å². The molecule has 1 heterocycles. The molecule has 0 aliphatic heterocycles. The highest BCUT2D eigenvalue weighted by atomic mass is 16.5. The highest BCUT2D eigenvalue weighted by Crippen LogP contribution is 1.96. The Labute approximate surface area is 60.3 Å². The summed E-state index contributed by atoms with van der Waals surface area (Å²) in [6, 6.07) is 2.57. The van der Waals surface area contributed by atoms with Crippen LogP contribution in [0.4, 0.5) is 0 Å². The molecule has 0 unspecified atom stereocenters. The van der Waals surface area contributed by atoms with Gasteiger partial charge in [-0.25, -0.2) is 4.57 Å². The van der Waals surface area contributed by atoms with Crippen LogP contribution in [0.25, 0.3) is 0 Å². The second-order valence-corrected chi connectivity index (χ2v) is 2.17. The molecule has 0 aliphatic carbocycles. The van der Waals surface area contributed by atoms with Gasteiger partial charge in [0.15, 0.2) is 5.69 Å². The van der Waals surface area contributed by atoms with E-state index in [-0.39, 0.29) is 0 Å². The molecule has 1 aromatic heterocycles. The third kappa shape index (κ3) is 1.23. The van der Waals surface area contributed by atoms with Gasteiger partial charge in [0.1, 0.15) is 0 Å². The first-order chi connectivity index (χ1) is 4.74. The number of hydrogen-bond donors (Lipinski definition) is 0. The lowest BCUT2D eigenvalue weighted by Gasteiger charge is -1.94. The van der Waals surface area contributed by atoms with E-state index in [9.17, 15) is 0 Å². The van der Waals surface area contributed by atoms with Crippen LogP contribution in [0.2, 0.25) is 0 Å². The smallest absolute Gasteiger partial charge is 0.431 e. The number of nitrogens with zero attached hydrogens (tertiary/aromatic N) is 2. The van der Waals surface area contributed by atoms with Crippen molar-refractivity contribution < 1.29 is 9.30 Å². The van der Waals surface area contributed by atoms with Crippen molar-refractivity contribution in [1.29, 1.82) is 0 Å². The van der Waals surface area contributed by atoms with Gasteiger partial charge in [0.05, 0.1) is 20.4 Å². The van der Waals surface area contributed by atoms with E-state index < -0.39 is 0 Å². The standard InChI is InChI=1S/C7H11N2O/c1-6-4-5-9(2)7(8-6)10-3/h4-5H,1-3H3/q+1. The van der Waals surface area contributed by atoms with E-state index in [1.165, 1.54) is 0 Å². The minimum absolute atomic E-state index is 0.639. The molecule has 1 aromatic rings. The van der Waals surface area contributed by atoms with Crippen LogP contribution >= 0.6 is 0 Å². The first-order valence-corrected chi connectivity index (χ1v) is 3.11. The predicted octanol–water partition coefficient (Wildman–Crippen LogP) is 0.223. The Kier molecular flexibility index (Phi) is 1.85. The van der Waals surface area contributed by atoms with Crippen molar-refractivity contribution in [2.75, 3.05) is 7.11 Å². The fraction of sp³-hybridized carbons (Fsp3) is 0.429. The van der Waals surface area contributed by atoms with Crippen molar-refractivity contribution in [2.24, 2.45) is 7.05 Å². The molecule has 0 fully saturated rings. The lowest BCUT2D eigenvalue weighted by molar-refractivity contribution is -0.679. The highest BCUT2D eigenvalue weighted by molar-refractivity contribution is 4.96. The molecule has 0 aliphatic rings. The van der Waals surface area contributed by atoms with E-state index in [1.807, 2.05) is 30.8 Å². The molecule has 3 heteroatoms. The molecule has 3 nitrogen and oxygen atoms in total. The minimum Gasteiger partial charge on any atom is -0.431 e. The summed E-state index contributed by atoms with van der Waals surface area (Å²) in [5.74, 6) is 0. The third-order valence-electron chi connectivity index (χ3n) is 1.30. The van der Waals surface area contributed by atoms with Gasteiger partial charge in [-0.3, -0.25) is 0 Å². The first-order valence-electron chi connectivity index (χ1n) is 3.11. The molecule has 54 valence electrons. The van der Waals surface area contributed by atoms with Gasteiger partial charge in [-0.15, -0.1) is 0 Å². The van der Waals surface area contributed by atoms with Crippen molar-refractivity contribution in [3.63, 3.8) is 0 Å². The number of aryl methyl sites for hydroxylation is 2. The normalized spacial score (nSPS) is 9.50. The van der Waals surface area contributed by atoms with E-state index in [0.717, 1.165) is 5.69 Å². The maximum Gasteiger partial charge on any atom is 0.498 e. The molecule has 0 saturated carbocycles. The number of rotatable bonds is 1. The maximum atomic E-state index is 4.98. The van der Waals surface area contributed by atoms with Crippen LogP contribution in [0.1, 0.15) is 5.69 Å². The zero-order valence-corrected chi connectivity index (χ0v) is 6.46. The van der Waals surface area contributed by atoms with Crippen molar-refractivity contribution in [3.8, 4) is 6.01 Å². The Balaban J connectivity index is 3.09. The monoisotopic (exact) mass is 139 g/mol. The summed E-state index contributed by atoms with van der Waals surface area (Å²) >= 11 is 0. The van der Waals surface area contributed by atoms with Crippen LogP contribution in [-0.2, 0) is 7.05 Å². The molecule has 0 spiro atoms. The zero-order valence-electron chi connectivity index (χ0n) is 6.46. The van der Waals surface area contributed by atoms with Gasteiger partial charge in [-0.05, 0) is 4.98 Å². The van der Waals surface area contributed by atoms with Gasteiger partial charge in [-0.1, -0.05) is 0 Å². The Morgan fingerprint density at radius 2 is 2.30 bits per heavy atom. The van der Waals surface area contributed by atoms with Crippen LogP contribution < -0.4 is 9.30 Å². The van der Waals surface area contributed by atoms with Crippen LogP contribution in [0.5, 0.6) is 6.01 Å². The largest absolute Gasteiger partial charge is 0.498 e. The van der Waals surface area contributed by atoms with Crippen molar-refractivity contribution in [3.05, 3.63) is 18.0 Å². The summed E-state index contributed by atoms with van der Waals surface area (Å²) in [5, 5.41) is 0. The van der Waals surface area contributed by atoms with Crippen molar-refractivity contribution >= 4 is 0 Å². The summed E-state index contributed by atoms with van der Waals surface area (Å²) in [6.07, 6.45) is 1.92. The minimum atomic E-state index is 0.639. The molecule has 0 amide bonds. The Bertz CT molecular complexity index is 235. The summed E-state index contributed by atoms with van der Waals surface area (Å²) in [4.78, 5) is 4.13. The van der Waals surface area contributed by atoms with Gasteiger partial charge in [-0.2, -0.15) is 0 Å². The van der Waals surface area contributed by atoms with Gasteiger partial charge in [0, 0.05) is 13.0 Å². The van der Waals surface area contributed by atoms with Crippen LogP contribution in [-0.4, -0.2) is 12.1 Å². The molecule has 10 heavy (non-hydrogen) atoms. The fourth-order valence-corrected chi connectivity index (χ4v) is 0.740. The molecule has 0 aromatic carbocycles. The average molecular weight is 139 g/mol. The Hall–Kier alpha value is -1.12. The molecule has 0 saturated heterocycles. The second-order valence-electron chi connectivity index (χ2n) is 2.17. The molecular formula is C7H11N2O+. The topological polar surface area (TPSA) is 26.0 Å². The van der Waals surface area contributed by atoms with Crippen LogP contribution in [0.3, 0.4) is 0 Å². The van der Waals surface area contributed by atoms with Crippen LogP contribution in [0.15, 0.2) is 12.3 Å². The Morgan fingerprint density at radius 1 is 1.60 bits per heavy atom. The molecule has 0 N–H and O–H groups in total. The van der Waals surface area contributed by atoms with Gasteiger partial charge < -0.3 is 4.74 Å². The quantitative estimate of drug-likeness (QED) is 0.520. The summed E-state index contributed by atoms with van der Waals surface area (Å²) < 4.78 is 6.80. The Morgan fingerprint density at radius 3 is 2.80 bits per heavy atom. The van der Waals surface area contributed by atoms with Crippen molar-refractivity contribution in [1.82, 2.24) is 4.98 Å². The average Bonchev–Trinajstić information content (AvgIpc) is 1.94. The van der Waals surface area contributed by atoms with Gasteiger partial charge >= 0.3 is 6.01 Å². The third-order valence-corrected chi connectivity index (χ3v) is 1.30. The molecule has 0 bridgehead atoms. The molecular weight excluding hydrogens is 128 g/mol. The number of hydrogen-bond acceptors (Lipinski definition) is 2.